The number of amides is 1. The van der Waals surface area contributed by atoms with E-state index in [0.29, 0.717) is 5.13 Å². The molecule has 1 N–H and O–H groups in total. The van der Waals surface area contributed by atoms with Crippen LogP contribution in [0.4, 0.5) is 5.13 Å². The summed E-state index contributed by atoms with van der Waals surface area (Å²) in [5.74, 6) is -0.576. The van der Waals surface area contributed by atoms with Gasteiger partial charge < -0.3 is 5.32 Å². The van der Waals surface area contributed by atoms with Crippen molar-refractivity contribution in [3.63, 3.8) is 0 Å². The third kappa shape index (κ3) is 4.47. The fourth-order valence-corrected chi connectivity index (χ4v) is 5.01. The monoisotopic (exact) mass is 388 g/mol. The second-order valence-electron chi connectivity index (χ2n) is 6.27. The average Bonchev–Trinajstić information content (AvgIpc) is 3.02. The molecule has 0 saturated heterocycles. The van der Waals surface area contributed by atoms with Crippen LogP contribution in [-0.2, 0) is 20.4 Å². The third-order valence-corrected chi connectivity index (χ3v) is 6.76. The summed E-state index contributed by atoms with van der Waals surface area (Å²) >= 11 is 1.41. The second kappa shape index (κ2) is 7.55. The van der Waals surface area contributed by atoms with Gasteiger partial charge in [-0.3, -0.25) is 4.79 Å². The molecule has 0 aliphatic carbocycles. The normalized spacial score (nSPS) is 11.6. The van der Waals surface area contributed by atoms with Gasteiger partial charge in [0.25, 0.3) is 0 Å². The SMILES string of the molecule is Cc1ccc(C)c2sc(NC(=O)CCS(=O)(=O)Cc3ccccc3)nc12. The number of aryl methyl sites for hydroxylation is 2. The quantitative estimate of drug-likeness (QED) is 0.696. The summed E-state index contributed by atoms with van der Waals surface area (Å²) in [4.78, 5) is 16.6. The van der Waals surface area contributed by atoms with Crippen molar-refractivity contribution in [2.24, 2.45) is 0 Å². The second-order valence-corrected chi connectivity index (χ2v) is 9.46. The van der Waals surface area contributed by atoms with Gasteiger partial charge in [0.1, 0.15) is 0 Å². The van der Waals surface area contributed by atoms with Gasteiger partial charge >= 0.3 is 0 Å². The summed E-state index contributed by atoms with van der Waals surface area (Å²) in [6.07, 6.45) is -0.0803. The molecular weight excluding hydrogens is 368 g/mol. The van der Waals surface area contributed by atoms with Gasteiger partial charge in [0, 0.05) is 6.42 Å². The maximum Gasteiger partial charge on any atom is 0.227 e. The molecule has 0 saturated carbocycles. The van der Waals surface area contributed by atoms with E-state index in [1.807, 2.05) is 32.0 Å². The van der Waals surface area contributed by atoms with Crippen molar-refractivity contribution < 1.29 is 13.2 Å². The Hall–Kier alpha value is -2.25. The third-order valence-electron chi connectivity index (χ3n) is 4.06. The highest BCUT2D eigenvalue weighted by molar-refractivity contribution is 7.90. The lowest BCUT2D eigenvalue weighted by molar-refractivity contribution is -0.115. The molecule has 5 nitrogen and oxygen atoms in total. The van der Waals surface area contributed by atoms with Crippen molar-refractivity contribution in [1.82, 2.24) is 4.98 Å². The molecule has 0 radical (unpaired) electrons. The first-order chi connectivity index (χ1) is 12.3. The standard InChI is InChI=1S/C19H20N2O3S2/c1-13-8-9-14(2)18-17(13)21-19(25-18)20-16(22)10-11-26(23,24)12-15-6-4-3-5-7-15/h3-9H,10-12H2,1-2H3,(H,20,21,22). The Morgan fingerprint density at radius 3 is 2.46 bits per heavy atom. The summed E-state index contributed by atoms with van der Waals surface area (Å²) in [5.41, 5.74) is 3.76. The van der Waals surface area contributed by atoms with Crippen molar-refractivity contribution in [2.45, 2.75) is 26.0 Å². The number of hydrogen-bond donors (Lipinski definition) is 1. The Balaban J connectivity index is 1.62. The highest BCUT2D eigenvalue weighted by Gasteiger charge is 2.16. The van der Waals surface area contributed by atoms with Crippen LogP contribution in [0.3, 0.4) is 0 Å². The van der Waals surface area contributed by atoms with Crippen molar-refractivity contribution in [3.8, 4) is 0 Å². The zero-order valence-electron chi connectivity index (χ0n) is 14.7. The van der Waals surface area contributed by atoms with Crippen molar-refractivity contribution in [3.05, 3.63) is 59.2 Å². The average molecular weight is 389 g/mol. The van der Waals surface area contributed by atoms with E-state index < -0.39 is 9.84 Å². The van der Waals surface area contributed by atoms with E-state index in [0.717, 1.165) is 26.9 Å². The number of anilines is 1. The molecule has 1 heterocycles. The fraction of sp³-hybridized carbons (Fsp3) is 0.263. The number of aromatic nitrogens is 1. The van der Waals surface area contributed by atoms with Gasteiger partial charge in [-0.2, -0.15) is 0 Å². The van der Waals surface area contributed by atoms with E-state index in [4.69, 9.17) is 0 Å². The molecule has 26 heavy (non-hydrogen) atoms. The van der Waals surface area contributed by atoms with Gasteiger partial charge in [-0.25, -0.2) is 13.4 Å². The molecule has 3 aromatic rings. The fourth-order valence-electron chi connectivity index (χ4n) is 2.64. The molecule has 3 rings (SSSR count). The molecule has 0 unspecified atom stereocenters. The summed E-state index contributed by atoms with van der Waals surface area (Å²) < 4.78 is 25.4. The van der Waals surface area contributed by atoms with Crippen molar-refractivity contribution in [2.75, 3.05) is 11.1 Å². The molecule has 0 bridgehead atoms. The van der Waals surface area contributed by atoms with Crippen LogP contribution in [0.15, 0.2) is 42.5 Å². The van der Waals surface area contributed by atoms with Gasteiger partial charge in [0.2, 0.25) is 5.91 Å². The van der Waals surface area contributed by atoms with E-state index >= 15 is 0 Å². The summed E-state index contributed by atoms with van der Waals surface area (Å²) in [7, 11) is -3.34. The molecule has 0 aliphatic heterocycles. The van der Waals surface area contributed by atoms with Crippen LogP contribution in [-0.4, -0.2) is 25.1 Å². The molecule has 2 aromatic carbocycles. The zero-order valence-corrected chi connectivity index (χ0v) is 16.3. The lowest BCUT2D eigenvalue weighted by atomic mass is 10.1. The van der Waals surface area contributed by atoms with Crippen molar-refractivity contribution in [1.29, 1.82) is 0 Å². The van der Waals surface area contributed by atoms with E-state index in [1.165, 1.54) is 11.3 Å². The Morgan fingerprint density at radius 1 is 1.08 bits per heavy atom. The molecule has 1 aromatic heterocycles. The van der Waals surface area contributed by atoms with Gasteiger partial charge in [-0.15, -0.1) is 0 Å². The van der Waals surface area contributed by atoms with Gasteiger partial charge in [-0.1, -0.05) is 53.8 Å². The van der Waals surface area contributed by atoms with Gasteiger partial charge in [0.15, 0.2) is 15.0 Å². The van der Waals surface area contributed by atoms with Crippen LogP contribution >= 0.6 is 11.3 Å². The number of nitrogens with one attached hydrogen (secondary N) is 1. The number of thiazole rings is 1. The Bertz CT molecular complexity index is 1000. The summed E-state index contributed by atoms with van der Waals surface area (Å²) in [6, 6.07) is 13.0. The van der Waals surface area contributed by atoms with Crippen LogP contribution in [0, 0.1) is 13.8 Å². The zero-order chi connectivity index (χ0) is 18.7. The number of rotatable bonds is 6. The predicted molar refractivity (Wildman–Crippen MR) is 106 cm³/mol. The topological polar surface area (TPSA) is 76.1 Å². The minimum absolute atomic E-state index is 0.0549. The highest BCUT2D eigenvalue weighted by Crippen LogP contribution is 2.30. The summed E-state index contributed by atoms with van der Waals surface area (Å²) in [6.45, 7) is 3.98. The molecule has 0 aliphatic rings. The minimum atomic E-state index is -3.34. The number of fused-ring (bicyclic) bond motifs is 1. The highest BCUT2D eigenvalue weighted by atomic mass is 32.2. The maximum absolute atomic E-state index is 12.2. The largest absolute Gasteiger partial charge is 0.302 e. The van der Waals surface area contributed by atoms with E-state index in [-0.39, 0.29) is 23.8 Å². The first-order valence-corrected chi connectivity index (χ1v) is 10.9. The first kappa shape index (κ1) is 18.5. The van der Waals surface area contributed by atoms with Crippen LogP contribution in [0.2, 0.25) is 0 Å². The number of hydrogen-bond acceptors (Lipinski definition) is 5. The lowest BCUT2D eigenvalue weighted by Gasteiger charge is -2.04. The molecule has 0 spiro atoms. The Kier molecular flexibility index (Phi) is 5.38. The van der Waals surface area contributed by atoms with Crippen LogP contribution < -0.4 is 5.32 Å². The predicted octanol–water partition coefficient (Wildman–Crippen LogP) is 3.86. The number of carbonyl (C=O) groups excluding carboxylic acids is 1. The van der Waals surface area contributed by atoms with Crippen LogP contribution in [0.25, 0.3) is 10.2 Å². The van der Waals surface area contributed by atoms with E-state index in [9.17, 15) is 13.2 Å². The number of sulfone groups is 1. The van der Waals surface area contributed by atoms with Gasteiger partial charge in [-0.05, 0) is 30.5 Å². The molecule has 7 heteroatoms. The lowest BCUT2D eigenvalue weighted by Crippen LogP contribution is -2.18. The summed E-state index contributed by atoms with van der Waals surface area (Å²) in [5, 5.41) is 3.23. The Labute approximate surface area is 157 Å². The van der Waals surface area contributed by atoms with Crippen molar-refractivity contribution >= 4 is 42.4 Å². The first-order valence-electron chi connectivity index (χ1n) is 8.25. The van der Waals surface area contributed by atoms with Crippen LogP contribution in [0.1, 0.15) is 23.1 Å². The smallest absolute Gasteiger partial charge is 0.227 e. The number of carbonyl (C=O) groups is 1. The number of benzene rings is 2. The number of nitrogens with zero attached hydrogens (tertiary/aromatic N) is 1. The minimum Gasteiger partial charge on any atom is -0.302 e. The molecule has 0 fully saturated rings. The molecule has 1 amide bonds. The molecule has 0 atom stereocenters. The van der Waals surface area contributed by atoms with Crippen LogP contribution in [0.5, 0.6) is 0 Å². The van der Waals surface area contributed by atoms with E-state index in [1.54, 1.807) is 24.3 Å². The van der Waals surface area contributed by atoms with Gasteiger partial charge in [0.05, 0.1) is 21.7 Å². The molecule has 136 valence electrons. The van der Waals surface area contributed by atoms with E-state index in [2.05, 4.69) is 10.3 Å². The molecular formula is C19H20N2O3S2. The maximum atomic E-state index is 12.2. The Morgan fingerprint density at radius 2 is 1.77 bits per heavy atom.